The van der Waals surface area contributed by atoms with Gasteiger partial charge < -0.3 is 9.84 Å². The fourth-order valence-electron chi connectivity index (χ4n) is 1.77. The van der Waals surface area contributed by atoms with Crippen LogP contribution in [-0.4, -0.2) is 11.7 Å². The molecule has 112 valence electrons. The van der Waals surface area contributed by atoms with Crippen LogP contribution < -0.4 is 4.74 Å². The third-order valence-electron chi connectivity index (χ3n) is 2.83. The molecule has 0 aliphatic heterocycles. The average Bonchev–Trinajstić information content (AvgIpc) is 2.47. The largest absolute Gasteiger partial charge is 0.481 e. The van der Waals surface area contributed by atoms with Crippen molar-refractivity contribution in [3.63, 3.8) is 0 Å². The fraction of sp³-hybridized carbons (Fsp3) is 0.200. The number of alkyl halides is 2. The van der Waals surface area contributed by atoms with Gasteiger partial charge in [0, 0.05) is 5.56 Å². The molecule has 0 radical (unpaired) electrons. The molecule has 0 saturated heterocycles. The number of aliphatic hydroxyl groups excluding tert-OH is 1. The van der Waals surface area contributed by atoms with E-state index in [0.29, 0.717) is 0 Å². The Morgan fingerprint density at radius 2 is 1.57 bits per heavy atom. The second-order valence-corrected chi connectivity index (χ2v) is 4.41. The fourth-order valence-corrected chi connectivity index (χ4v) is 1.77. The van der Waals surface area contributed by atoms with Crippen molar-refractivity contribution in [3.8, 4) is 5.75 Å². The van der Waals surface area contributed by atoms with Gasteiger partial charge in [0.15, 0.2) is 24.0 Å². The molecule has 2 aromatic rings. The summed E-state index contributed by atoms with van der Waals surface area (Å²) in [6.07, 6.45) is 0. The van der Waals surface area contributed by atoms with Crippen LogP contribution in [-0.2, 0) is 12.5 Å². The molecule has 21 heavy (non-hydrogen) atoms. The molecule has 2 nitrogen and oxygen atoms in total. The Kier molecular flexibility index (Phi) is 4.47. The van der Waals surface area contributed by atoms with Gasteiger partial charge in [-0.1, -0.05) is 30.3 Å². The second kappa shape index (κ2) is 6.13. The molecule has 0 unspecified atom stereocenters. The molecule has 0 amide bonds. The molecule has 2 rings (SSSR count). The summed E-state index contributed by atoms with van der Waals surface area (Å²) in [6.45, 7) is -1.75. The molecular weight excluding hydrogens is 288 g/mol. The SMILES string of the molecule is OCc1cc(F)c(OCC(F)(F)c2ccccc2)c(F)c1. The van der Waals surface area contributed by atoms with Gasteiger partial charge in [0.25, 0.3) is 0 Å². The minimum Gasteiger partial charge on any atom is -0.481 e. The molecular formula is C15H12F4O2. The van der Waals surface area contributed by atoms with E-state index in [4.69, 9.17) is 5.11 Å². The summed E-state index contributed by atoms with van der Waals surface area (Å²) in [7, 11) is 0. The van der Waals surface area contributed by atoms with E-state index in [1.807, 2.05) is 0 Å². The van der Waals surface area contributed by atoms with Crippen molar-refractivity contribution in [2.45, 2.75) is 12.5 Å². The number of aliphatic hydroxyl groups is 1. The van der Waals surface area contributed by atoms with Gasteiger partial charge in [0.2, 0.25) is 0 Å². The van der Waals surface area contributed by atoms with E-state index in [1.54, 1.807) is 6.07 Å². The number of ether oxygens (including phenoxy) is 1. The van der Waals surface area contributed by atoms with Crippen molar-refractivity contribution in [1.29, 1.82) is 0 Å². The molecule has 0 atom stereocenters. The average molecular weight is 300 g/mol. The molecule has 0 saturated carbocycles. The summed E-state index contributed by atoms with van der Waals surface area (Å²) in [4.78, 5) is 0. The van der Waals surface area contributed by atoms with E-state index in [-0.39, 0.29) is 11.1 Å². The summed E-state index contributed by atoms with van der Waals surface area (Å²) in [5, 5.41) is 8.79. The quantitative estimate of drug-likeness (QED) is 0.855. The van der Waals surface area contributed by atoms with Crippen molar-refractivity contribution >= 4 is 0 Å². The lowest BCUT2D eigenvalue weighted by Gasteiger charge is -2.18. The van der Waals surface area contributed by atoms with Crippen LogP contribution in [0.2, 0.25) is 0 Å². The van der Waals surface area contributed by atoms with Crippen LogP contribution in [0.5, 0.6) is 5.75 Å². The minimum absolute atomic E-state index is 0.00725. The van der Waals surface area contributed by atoms with Gasteiger partial charge in [-0.25, -0.2) is 8.78 Å². The van der Waals surface area contributed by atoms with Crippen molar-refractivity contribution in [1.82, 2.24) is 0 Å². The van der Waals surface area contributed by atoms with Crippen LogP contribution in [0, 0.1) is 11.6 Å². The minimum atomic E-state index is -3.38. The number of halogens is 4. The first-order valence-electron chi connectivity index (χ1n) is 6.09. The summed E-state index contributed by atoms with van der Waals surface area (Å²) < 4.78 is 59.4. The van der Waals surface area contributed by atoms with Crippen molar-refractivity contribution in [2.24, 2.45) is 0 Å². The van der Waals surface area contributed by atoms with Gasteiger partial charge in [-0.05, 0) is 17.7 Å². The van der Waals surface area contributed by atoms with Gasteiger partial charge in [-0.15, -0.1) is 0 Å². The molecule has 6 heteroatoms. The molecule has 0 spiro atoms. The van der Waals surface area contributed by atoms with Gasteiger partial charge in [-0.3, -0.25) is 0 Å². The Labute approximate surface area is 118 Å². The Hall–Kier alpha value is -2.08. The highest BCUT2D eigenvalue weighted by Gasteiger charge is 2.33. The van der Waals surface area contributed by atoms with E-state index in [9.17, 15) is 17.6 Å². The van der Waals surface area contributed by atoms with E-state index in [2.05, 4.69) is 4.74 Å². The molecule has 2 aromatic carbocycles. The van der Waals surface area contributed by atoms with E-state index < -0.39 is 36.5 Å². The summed E-state index contributed by atoms with van der Waals surface area (Å²) >= 11 is 0. The standard InChI is InChI=1S/C15H12F4O2/c16-12-6-10(8-20)7-13(17)14(12)21-9-15(18,19)11-4-2-1-3-5-11/h1-7,20H,8-9H2. The molecule has 0 fully saturated rings. The topological polar surface area (TPSA) is 29.5 Å². The highest BCUT2D eigenvalue weighted by molar-refractivity contribution is 5.31. The molecule has 1 N–H and O–H groups in total. The molecule has 0 aromatic heterocycles. The smallest absolute Gasteiger partial charge is 0.306 e. The van der Waals surface area contributed by atoms with Crippen LogP contribution in [0.3, 0.4) is 0 Å². The van der Waals surface area contributed by atoms with Crippen molar-refractivity contribution in [3.05, 3.63) is 65.2 Å². The lowest BCUT2D eigenvalue weighted by molar-refractivity contribution is -0.0484. The summed E-state index contributed by atoms with van der Waals surface area (Å²) in [5.41, 5.74) is -0.315. The van der Waals surface area contributed by atoms with Gasteiger partial charge in [-0.2, -0.15) is 8.78 Å². The maximum atomic E-state index is 13.8. The van der Waals surface area contributed by atoms with Gasteiger partial charge >= 0.3 is 5.92 Å². The first-order chi connectivity index (χ1) is 9.94. The van der Waals surface area contributed by atoms with E-state index in [1.165, 1.54) is 24.3 Å². The Morgan fingerprint density at radius 1 is 1.00 bits per heavy atom. The number of rotatable bonds is 5. The zero-order valence-electron chi connectivity index (χ0n) is 10.8. The third-order valence-corrected chi connectivity index (χ3v) is 2.83. The second-order valence-electron chi connectivity index (χ2n) is 4.41. The van der Waals surface area contributed by atoms with Crippen LogP contribution in [0.15, 0.2) is 42.5 Å². The Balaban J connectivity index is 2.17. The first-order valence-corrected chi connectivity index (χ1v) is 6.09. The molecule has 0 bridgehead atoms. The Bertz CT molecular complexity index is 591. The Morgan fingerprint density at radius 3 is 2.10 bits per heavy atom. The first kappa shape index (κ1) is 15.3. The van der Waals surface area contributed by atoms with Crippen LogP contribution in [0.1, 0.15) is 11.1 Å². The van der Waals surface area contributed by atoms with Gasteiger partial charge in [0.05, 0.1) is 6.61 Å². The summed E-state index contributed by atoms with van der Waals surface area (Å²) in [6, 6.07) is 8.50. The maximum absolute atomic E-state index is 13.8. The van der Waals surface area contributed by atoms with Crippen LogP contribution in [0.25, 0.3) is 0 Å². The number of hydrogen-bond donors (Lipinski definition) is 1. The van der Waals surface area contributed by atoms with E-state index >= 15 is 0 Å². The predicted molar refractivity (Wildman–Crippen MR) is 68.1 cm³/mol. The van der Waals surface area contributed by atoms with Gasteiger partial charge in [0.1, 0.15) is 0 Å². The highest BCUT2D eigenvalue weighted by Crippen LogP contribution is 2.30. The predicted octanol–water partition coefficient (Wildman–Crippen LogP) is 3.63. The zero-order chi connectivity index (χ0) is 15.5. The third kappa shape index (κ3) is 3.52. The summed E-state index contributed by atoms with van der Waals surface area (Å²) in [5.74, 6) is -6.54. The van der Waals surface area contributed by atoms with Crippen LogP contribution in [0.4, 0.5) is 17.6 Å². The van der Waals surface area contributed by atoms with Crippen molar-refractivity contribution < 1.29 is 27.4 Å². The monoisotopic (exact) mass is 300 g/mol. The lowest BCUT2D eigenvalue weighted by atomic mass is 10.1. The number of benzene rings is 2. The molecule has 0 aliphatic carbocycles. The highest BCUT2D eigenvalue weighted by atomic mass is 19.3. The van der Waals surface area contributed by atoms with Crippen LogP contribution >= 0.6 is 0 Å². The molecule has 0 heterocycles. The van der Waals surface area contributed by atoms with E-state index in [0.717, 1.165) is 12.1 Å². The number of hydrogen-bond acceptors (Lipinski definition) is 2. The zero-order valence-corrected chi connectivity index (χ0v) is 10.8. The maximum Gasteiger partial charge on any atom is 0.306 e. The normalized spacial score (nSPS) is 11.5. The lowest BCUT2D eigenvalue weighted by Crippen LogP contribution is -2.23. The molecule has 0 aliphatic rings. The van der Waals surface area contributed by atoms with Crippen molar-refractivity contribution in [2.75, 3.05) is 6.61 Å².